The first-order chi connectivity index (χ1) is 10.7. The molecule has 5 nitrogen and oxygen atoms in total. The number of carbonyl (C=O) groups is 1. The summed E-state index contributed by atoms with van der Waals surface area (Å²) in [7, 11) is 0. The van der Waals surface area contributed by atoms with Crippen LogP contribution in [-0.2, 0) is 6.54 Å². The SMILES string of the molecule is O=C(Nc1ccc(Br)cc1)c1ccc(Cn2cncn2)cc1. The predicted octanol–water partition coefficient (Wildman–Crippen LogP) is 3.34. The Labute approximate surface area is 136 Å². The molecule has 3 aromatic rings. The second-order valence-electron chi connectivity index (χ2n) is 4.75. The van der Waals surface area contributed by atoms with Gasteiger partial charge in [0.2, 0.25) is 0 Å². The molecule has 1 amide bonds. The molecule has 110 valence electrons. The number of aromatic nitrogens is 3. The maximum Gasteiger partial charge on any atom is 0.255 e. The Morgan fingerprint density at radius 1 is 1.09 bits per heavy atom. The van der Waals surface area contributed by atoms with Gasteiger partial charge in [-0.25, -0.2) is 9.67 Å². The zero-order valence-corrected chi connectivity index (χ0v) is 13.2. The van der Waals surface area contributed by atoms with Crippen LogP contribution in [0, 0.1) is 0 Å². The molecule has 0 aliphatic heterocycles. The quantitative estimate of drug-likeness (QED) is 0.779. The Balaban J connectivity index is 1.66. The lowest BCUT2D eigenvalue weighted by molar-refractivity contribution is 0.102. The molecule has 1 N–H and O–H groups in total. The molecule has 0 fully saturated rings. The summed E-state index contributed by atoms with van der Waals surface area (Å²) < 4.78 is 2.71. The van der Waals surface area contributed by atoms with Crippen LogP contribution in [-0.4, -0.2) is 20.7 Å². The lowest BCUT2D eigenvalue weighted by atomic mass is 10.1. The summed E-state index contributed by atoms with van der Waals surface area (Å²) in [5.41, 5.74) is 2.44. The second-order valence-corrected chi connectivity index (χ2v) is 5.67. The largest absolute Gasteiger partial charge is 0.322 e. The third kappa shape index (κ3) is 3.59. The number of amides is 1. The smallest absolute Gasteiger partial charge is 0.255 e. The van der Waals surface area contributed by atoms with Crippen LogP contribution in [0.1, 0.15) is 15.9 Å². The van der Waals surface area contributed by atoms with E-state index < -0.39 is 0 Å². The Kier molecular flexibility index (Phi) is 4.29. The third-order valence-electron chi connectivity index (χ3n) is 3.13. The summed E-state index contributed by atoms with van der Waals surface area (Å²) in [6, 6.07) is 14.9. The van der Waals surface area contributed by atoms with Crippen LogP contribution in [0.5, 0.6) is 0 Å². The fraction of sp³-hybridized carbons (Fsp3) is 0.0625. The summed E-state index contributed by atoms with van der Waals surface area (Å²) in [5.74, 6) is -0.130. The Morgan fingerprint density at radius 2 is 1.82 bits per heavy atom. The van der Waals surface area contributed by atoms with Crippen molar-refractivity contribution >= 4 is 27.5 Å². The number of anilines is 1. The number of nitrogens with zero attached hydrogens (tertiary/aromatic N) is 3. The summed E-state index contributed by atoms with van der Waals surface area (Å²) >= 11 is 3.36. The third-order valence-corrected chi connectivity index (χ3v) is 3.66. The number of halogens is 1. The van der Waals surface area contributed by atoms with Gasteiger partial charge in [-0.15, -0.1) is 0 Å². The minimum atomic E-state index is -0.130. The van der Waals surface area contributed by atoms with E-state index in [0.29, 0.717) is 12.1 Å². The summed E-state index contributed by atoms with van der Waals surface area (Å²) in [5, 5.41) is 6.92. The van der Waals surface area contributed by atoms with Gasteiger partial charge in [-0.05, 0) is 42.0 Å². The van der Waals surface area contributed by atoms with Crippen molar-refractivity contribution in [3.63, 3.8) is 0 Å². The molecule has 0 bridgehead atoms. The lowest BCUT2D eigenvalue weighted by Crippen LogP contribution is -2.12. The van der Waals surface area contributed by atoms with Gasteiger partial charge in [0.25, 0.3) is 5.91 Å². The molecule has 6 heteroatoms. The first-order valence-electron chi connectivity index (χ1n) is 6.69. The van der Waals surface area contributed by atoms with E-state index >= 15 is 0 Å². The van der Waals surface area contributed by atoms with Gasteiger partial charge < -0.3 is 5.32 Å². The van der Waals surface area contributed by atoms with Gasteiger partial charge in [0.15, 0.2) is 0 Å². The number of hydrogen-bond donors (Lipinski definition) is 1. The monoisotopic (exact) mass is 356 g/mol. The van der Waals surface area contributed by atoms with Crippen molar-refractivity contribution < 1.29 is 4.79 Å². The zero-order valence-electron chi connectivity index (χ0n) is 11.6. The molecule has 0 aliphatic rings. The molecule has 3 rings (SSSR count). The topological polar surface area (TPSA) is 59.8 Å². The van der Waals surface area contributed by atoms with Crippen molar-refractivity contribution in [2.75, 3.05) is 5.32 Å². The molecule has 0 aliphatic carbocycles. The molecule has 0 radical (unpaired) electrons. The number of benzene rings is 2. The van der Waals surface area contributed by atoms with Crippen molar-refractivity contribution in [1.29, 1.82) is 0 Å². The molecular formula is C16H13BrN4O. The van der Waals surface area contributed by atoms with Gasteiger partial charge in [-0.1, -0.05) is 28.1 Å². The average molecular weight is 357 g/mol. The second kappa shape index (κ2) is 6.53. The van der Waals surface area contributed by atoms with E-state index in [-0.39, 0.29) is 5.91 Å². The Morgan fingerprint density at radius 3 is 2.45 bits per heavy atom. The van der Waals surface area contributed by atoms with Crippen molar-refractivity contribution in [3.05, 3.63) is 76.8 Å². The van der Waals surface area contributed by atoms with Gasteiger partial charge in [0.05, 0.1) is 6.54 Å². The van der Waals surface area contributed by atoms with Gasteiger partial charge >= 0.3 is 0 Å². The van der Waals surface area contributed by atoms with E-state index in [4.69, 9.17) is 0 Å². The van der Waals surface area contributed by atoms with Crippen LogP contribution in [0.25, 0.3) is 0 Å². The molecule has 0 saturated carbocycles. The fourth-order valence-corrected chi connectivity index (χ4v) is 2.26. The molecule has 1 aromatic heterocycles. The fourth-order valence-electron chi connectivity index (χ4n) is 2.00. The van der Waals surface area contributed by atoms with Crippen molar-refractivity contribution in [1.82, 2.24) is 14.8 Å². The molecule has 2 aromatic carbocycles. The highest BCUT2D eigenvalue weighted by atomic mass is 79.9. The van der Waals surface area contributed by atoms with Crippen LogP contribution >= 0.6 is 15.9 Å². The van der Waals surface area contributed by atoms with Crippen molar-refractivity contribution in [3.8, 4) is 0 Å². The average Bonchev–Trinajstić information content (AvgIpc) is 3.03. The number of nitrogens with one attached hydrogen (secondary N) is 1. The highest BCUT2D eigenvalue weighted by Gasteiger charge is 2.06. The summed E-state index contributed by atoms with van der Waals surface area (Å²) in [6.45, 7) is 0.634. The van der Waals surface area contributed by atoms with Gasteiger partial charge in [0.1, 0.15) is 12.7 Å². The Hall–Kier alpha value is -2.47. The van der Waals surface area contributed by atoms with Crippen LogP contribution in [0.2, 0.25) is 0 Å². The predicted molar refractivity (Wildman–Crippen MR) is 87.7 cm³/mol. The minimum Gasteiger partial charge on any atom is -0.322 e. The van der Waals surface area contributed by atoms with Crippen LogP contribution in [0.4, 0.5) is 5.69 Å². The molecule has 22 heavy (non-hydrogen) atoms. The molecule has 1 heterocycles. The lowest BCUT2D eigenvalue weighted by Gasteiger charge is -2.06. The maximum absolute atomic E-state index is 12.2. The number of rotatable bonds is 4. The first-order valence-corrected chi connectivity index (χ1v) is 7.48. The number of carbonyl (C=O) groups excluding carboxylic acids is 1. The highest BCUT2D eigenvalue weighted by molar-refractivity contribution is 9.10. The summed E-state index contributed by atoms with van der Waals surface area (Å²) in [6.07, 6.45) is 3.16. The first kappa shape index (κ1) is 14.5. The van der Waals surface area contributed by atoms with E-state index in [1.54, 1.807) is 23.1 Å². The van der Waals surface area contributed by atoms with Crippen LogP contribution < -0.4 is 5.32 Å². The number of hydrogen-bond acceptors (Lipinski definition) is 3. The Bertz CT molecular complexity index is 752. The van der Waals surface area contributed by atoms with Crippen LogP contribution in [0.15, 0.2) is 65.7 Å². The summed E-state index contributed by atoms with van der Waals surface area (Å²) in [4.78, 5) is 16.1. The van der Waals surface area contributed by atoms with Crippen molar-refractivity contribution in [2.24, 2.45) is 0 Å². The zero-order chi connectivity index (χ0) is 15.4. The van der Waals surface area contributed by atoms with E-state index in [1.165, 1.54) is 6.33 Å². The molecule has 0 atom stereocenters. The van der Waals surface area contributed by atoms with Gasteiger partial charge in [0, 0.05) is 15.7 Å². The maximum atomic E-state index is 12.2. The molecule has 0 saturated heterocycles. The van der Waals surface area contributed by atoms with Gasteiger partial charge in [-0.3, -0.25) is 4.79 Å². The standard InChI is InChI=1S/C16H13BrN4O/c17-14-5-7-15(8-6-14)20-16(22)13-3-1-12(2-4-13)9-21-11-18-10-19-21/h1-8,10-11H,9H2,(H,20,22). The van der Waals surface area contributed by atoms with E-state index in [0.717, 1.165) is 15.7 Å². The van der Waals surface area contributed by atoms with E-state index in [1.807, 2.05) is 36.4 Å². The van der Waals surface area contributed by atoms with Crippen LogP contribution in [0.3, 0.4) is 0 Å². The van der Waals surface area contributed by atoms with Gasteiger partial charge in [-0.2, -0.15) is 5.10 Å². The minimum absolute atomic E-state index is 0.130. The molecular weight excluding hydrogens is 344 g/mol. The van der Waals surface area contributed by atoms with Crippen molar-refractivity contribution in [2.45, 2.75) is 6.54 Å². The molecule has 0 unspecified atom stereocenters. The van der Waals surface area contributed by atoms with E-state index in [2.05, 4.69) is 31.3 Å². The highest BCUT2D eigenvalue weighted by Crippen LogP contribution is 2.15. The normalized spacial score (nSPS) is 10.4. The molecule has 0 spiro atoms. The van der Waals surface area contributed by atoms with E-state index in [9.17, 15) is 4.79 Å².